The van der Waals surface area contributed by atoms with E-state index in [0.717, 1.165) is 22.6 Å². The first kappa shape index (κ1) is 20.0. The van der Waals surface area contributed by atoms with Gasteiger partial charge in [-0.15, -0.1) is 11.8 Å². The van der Waals surface area contributed by atoms with Gasteiger partial charge in [-0.3, -0.25) is 0 Å². The molecule has 1 fully saturated rings. The molecule has 3 aromatic rings. The van der Waals surface area contributed by atoms with Gasteiger partial charge in [0.25, 0.3) is 0 Å². The zero-order chi connectivity index (χ0) is 20.7. The number of rotatable bonds is 6. The highest BCUT2D eigenvalue weighted by molar-refractivity contribution is 7.99. The van der Waals surface area contributed by atoms with Crippen LogP contribution >= 0.6 is 11.8 Å². The molecule has 4 nitrogen and oxygen atoms in total. The second-order valence-corrected chi connectivity index (χ2v) is 8.46. The van der Waals surface area contributed by atoms with Crippen molar-refractivity contribution in [1.29, 1.82) is 0 Å². The lowest BCUT2D eigenvalue weighted by atomic mass is 9.85. The molecule has 0 aliphatic heterocycles. The summed E-state index contributed by atoms with van der Waals surface area (Å²) in [6.07, 6.45) is -0.125. The molecule has 0 spiro atoms. The molecule has 1 N–H and O–H groups in total. The predicted octanol–water partition coefficient (Wildman–Crippen LogP) is 4.77. The predicted molar refractivity (Wildman–Crippen MR) is 104 cm³/mol. The first-order chi connectivity index (χ1) is 13.7. The summed E-state index contributed by atoms with van der Waals surface area (Å²) in [5.74, 6) is 0.279. The fraction of sp³-hybridized carbons (Fsp3) is 0.333. The molecule has 2 aromatic carbocycles. The lowest BCUT2D eigenvalue weighted by molar-refractivity contribution is -0.137. The van der Waals surface area contributed by atoms with E-state index in [1.54, 1.807) is 11.0 Å². The Morgan fingerprint density at radius 3 is 2.17 bits per heavy atom. The van der Waals surface area contributed by atoms with E-state index in [-0.39, 0.29) is 5.75 Å². The van der Waals surface area contributed by atoms with Crippen LogP contribution in [0.2, 0.25) is 0 Å². The zero-order valence-electron chi connectivity index (χ0n) is 15.7. The van der Waals surface area contributed by atoms with E-state index in [4.69, 9.17) is 0 Å². The van der Waals surface area contributed by atoms with Crippen molar-refractivity contribution in [3.63, 3.8) is 0 Å². The van der Waals surface area contributed by atoms with Crippen LogP contribution in [0.5, 0.6) is 0 Å². The van der Waals surface area contributed by atoms with Gasteiger partial charge in [0.05, 0.1) is 11.1 Å². The third kappa shape index (κ3) is 3.67. The highest BCUT2D eigenvalue weighted by Gasteiger charge is 2.62. The SMILES string of the molecule is Cc1ccc(SCC(O)(c2ccc(C(F)(F)F)cc2)C2(n3cncn3)CC2)cc1. The minimum Gasteiger partial charge on any atom is -0.382 e. The molecule has 4 rings (SSSR count). The molecule has 0 saturated heterocycles. The van der Waals surface area contributed by atoms with Crippen molar-refractivity contribution in [2.75, 3.05) is 5.75 Å². The molecule has 1 aromatic heterocycles. The molecule has 1 atom stereocenters. The second kappa shape index (κ2) is 7.18. The Morgan fingerprint density at radius 2 is 1.66 bits per heavy atom. The maximum atomic E-state index is 13.0. The summed E-state index contributed by atoms with van der Waals surface area (Å²) in [7, 11) is 0. The Bertz CT molecular complexity index is 968. The maximum absolute atomic E-state index is 13.0. The second-order valence-electron chi connectivity index (χ2n) is 7.41. The highest BCUT2D eigenvalue weighted by atomic mass is 32.2. The van der Waals surface area contributed by atoms with Crippen LogP contribution in [0.1, 0.15) is 29.5 Å². The normalized spacial score (nSPS) is 17.7. The van der Waals surface area contributed by atoms with Crippen LogP contribution in [-0.2, 0) is 17.3 Å². The number of aromatic nitrogens is 3. The topological polar surface area (TPSA) is 50.9 Å². The Morgan fingerprint density at radius 1 is 1.03 bits per heavy atom. The van der Waals surface area contributed by atoms with Gasteiger partial charge < -0.3 is 5.11 Å². The number of alkyl halides is 3. The van der Waals surface area contributed by atoms with Crippen molar-refractivity contribution in [3.05, 3.63) is 77.9 Å². The van der Waals surface area contributed by atoms with Crippen molar-refractivity contribution in [1.82, 2.24) is 14.8 Å². The van der Waals surface area contributed by atoms with Crippen molar-refractivity contribution in [3.8, 4) is 0 Å². The molecule has 29 heavy (non-hydrogen) atoms. The van der Waals surface area contributed by atoms with Crippen LogP contribution in [0.3, 0.4) is 0 Å². The van der Waals surface area contributed by atoms with Crippen LogP contribution in [-0.4, -0.2) is 25.6 Å². The molecule has 1 heterocycles. The number of halogens is 3. The standard InChI is InChI=1S/C21H20F3N3OS/c1-15-2-8-18(9-3-15)29-12-20(28,19(10-11-19)27-14-25-13-26-27)16-4-6-17(7-5-16)21(22,23)24/h2-9,13-14,28H,10-12H2,1H3. The number of thioether (sulfide) groups is 1. The fourth-order valence-corrected chi connectivity index (χ4v) is 4.76. The van der Waals surface area contributed by atoms with Gasteiger partial charge in [0.15, 0.2) is 0 Å². The van der Waals surface area contributed by atoms with E-state index >= 15 is 0 Å². The average molecular weight is 419 g/mol. The van der Waals surface area contributed by atoms with Gasteiger partial charge in [-0.2, -0.15) is 18.3 Å². The molecule has 1 saturated carbocycles. The van der Waals surface area contributed by atoms with Gasteiger partial charge in [-0.25, -0.2) is 9.67 Å². The van der Waals surface area contributed by atoms with E-state index in [0.29, 0.717) is 18.4 Å². The van der Waals surface area contributed by atoms with Crippen LogP contribution in [0.25, 0.3) is 0 Å². The lowest BCUT2D eigenvalue weighted by Gasteiger charge is -2.37. The quantitative estimate of drug-likeness (QED) is 0.585. The van der Waals surface area contributed by atoms with Crippen molar-refractivity contribution in [2.24, 2.45) is 0 Å². The number of hydrogen-bond acceptors (Lipinski definition) is 4. The fourth-order valence-electron chi connectivity index (χ4n) is 3.62. The third-order valence-corrected chi connectivity index (χ3v) is 6.68. The molecule has 0 radical (unpaired) electrons. The van der Waals surface area contributed by atoms with Gasteiger partial charge in [-0.1, -0.05) is 29.8 Å². The molecule has 152 valence electrons. The molecule has 8 heteroatoms. The summed E-state index contributed by atoms with van der Waals surface area (Å²) in [6.45, 7) is 2.00. The molecule has 1 aliphatic rings. The van der Waals surface area contributed by atoms with E-state index in [9.17, 15) is 18.3 Å². The molecule has 1 unspecified atom stereocenters. The van der Waals surface area contributed by atoms with E-state index in [1.165, 1.54) is 30.2 Å². The Kier molecular flexibility index (Phi) is 4.94. The smallest absolute Gasteiger partial charge is 0.382 e. The van der Waals surface area contributed by atoms with Crippen molar-refractivity contribution < 1.29 is 18.3 Å². The number of nitrogens with zero attached hydrogens (tertiary/aromatic N) is 3. The minimum absolute atomic E-state index is 0.279. The monoisotopic (exact) mass is 419 g/mol. The van der Waals surface area contributed by atoms with E-state index < -0.39 is 22.9 Å². The summed E-state index contributed by atoms with van der Waals surface area (Å²) >= 11 is 1.47. The van der Waals surface area contributed by atoms with Crippen LogP contribution < -0.4 is 0 Å². The Hall–Kier alpha value is -2.32. The Balaban J connectivity index is 1.70. The first-order valence-electron chi connectivity index (χ1n) is 9.19. The summed E-state index contributed by atoms with van der Waals surface area (Å²) in [5.41, 5.74) is -1.28. The molecular formula is C21H20F3N3OS. The van der Waals surface area contributed by atoms with E-state index in [1.807, 2.05) is 31.2 Å². The molecular weight excluding hydrogens is 399 g/mol. The molecule has 0 bridgehead atoms. The van der Waals surface area contributed by atoms with Gasteiger partial charge in [0.1, 0.15) is 18.3 Å². The molecule has 0 amide bonds. The van der Waals surface area contributed by atoms with Gasteiger partial charge in [0, 0.05) is 10.6 Å². The van der Waals surface area contributed by atoms with Gasteiger partial charge >= 0.3 is 6.18 Å². The molecule has 1 aliphatic carbocycles. The lowest BCUT2D eigenvalue weighted by Crippen LogP contribution is -2.46. The van der Waals surface area contributed by atoms with E-state index in [2.05, 4.69) is 10.1 Å². The number of aliphatic hydroxyl groups is 1. The number of hydrogen-bond donors (Lipinski definition) is 1. The van der Waals surface area contributed by atoms with Crippen LogP contribution in [0.4, 0.5) is 13.2 Å². The largest absolute Gasteiger partial charge is 0.416 e. The summed E-state index contributed by atoms with van der Waals surface area (Å²) < 4.78 is 40.6. The summed E-state index contributed by atoms with van der Waals surface area (Å²) in [6, 6.07) is 12.7. The maximum Gasteiger partial charge on any atom is 0.416 e. The van der Waals surface area contributed by atoms with Crippen LogP contribution in [0.15, 0.2) is 66.1 Å². The number of aryl methyl sites for hydroxylation is 1. The zero-order valence-corrected chi connectivity index (χ0v) is 16.5. The van der Waals surface area contributed by atoms with Crippen molar-refractivity contribution in [2.45, 2.75) is 42.0 Å². The minimum atomic E-state index is -4.42. The van der Waals surface area contributed by atoms with Crippen LogP contribution in [0, 0.1) is 6.92 Å². The average Bonchev–Trinajstić information content (AvgIpc) is 3.34. The van der Waals surface area contributed by atoms with Gasteiger partial charge in [0.2, 0.25) is 0 Å². The Labute approximate surface area is 170 Å². The highest BCUT2D eigenvalue weighted by Crippen LogP contribution is 2.57. The van der Waals surface area contributed by atoms with Crippen molar-refractivity contribution >= 4 is 11.8 Å². The number of benzene rings is 2. The first-order valence-corrected chi connectivity index (χ1v) is 10.2. The summed E-state index contributed by atoms with van der Waals surface area (Å²) in [4.78, 5) is 4.98. The van der Waals surface area contributed by atoms with Gasteiger partial charge in [-0.05, 0) is 49.6 Å². The summed E-state index contributed by atoms with van der Waals surface area (Å²) in [5, 5.41) is 16.1. The third-order valence-electron chi connectivity index (χ3n) is 5.51.